The first-order chi connectivity index (χ1) is 11.5. The highest BCUT2D eigenvalue weighted by molar-refractivity contribution is 7.90. The van der Waals surface area contributed by atoms with Crippen molar-refractivity contribution in [3.05, 3.63) is 24.0 Å². The number of hydrogen-bond acceptors (Lipinski definition) is 5. The lowest BCUT2D eigenvalue weighted by molar-refractivity contribution is 0.0134. The minimum atomic E-state index is -3.11. The Kier molecular flexibility index (Phi) is 3.58. The molecule has 1 saturated carbocycles. The van der Waals surface area contributed by atoms with Gasteiger partial charge in [-0.25, -0.2) is 12.7 Å². The highest BCUT2D eigenvalue weighted by Gasteiger charge is 2.53. The summed E-state index contributed by atoms with van der Waals surface area (Å²) in [6.07, 6.45) is 5.51. The highest BCUT2D eigenvalue weighted by atomic mass is 32.2. The first-order valence-corrected chi connectivity index (χ1v) is 9.72. The predicted octanol–water partition coefficient (Wildman–Crippen LogP) is 0.730. The SMILES string of the molecule is COc1cnccc1C(=O)N1CC2(CCN(S(=O)(=O)C3CC3)C2)C1. The van der Waals surface area contributed by atoms with E-state index in [1.54, 1.807) is 21.5 Å². The second-order valence-electron chi connectivity index (χ2n) is 7.07. The number of carbonyl (C=O) groups excluding carboxylic acids is 1. The quantitative estimate of drug-likeness (QED) is 0.799. The third kappa shape index (κ3) is 2.48. The number of amides is 1. The van der Waals surface area contributed by atoms with Gasteiger partial charge in [0.05, 0.1) is 24.1 Å². The standard InChI is InChI=1S/C16H21N3O4S/c1-23-14-8-17-6-4-13(14)15(20)18-9-16(10-18)5-7-19(11-16)24(21,22)12-2-3-12/h4,6,8,12H,2-3,5,7,9-11H2,1H3. The first kappa shape index (κ1) is 15.8. The van der Waals surface area contributed by atoms with Crippen LogP contribution in [0.25, 0.3) is 0 Å². The second-order valence-corrected chi connectivity index (χ2v) is 9.28. The molecule has 1 aromatic heterocycles. The van der Waals surface area contributed by atoms with E-state index in [-0.39, 0.29) is 16.6 Å². The van der Waals surface area contributed by atoms with Crippen molar-refractivity contribution < 1.29 is 17.9 Å². The van der Waals surface area contributed by atoms with Crippen LogP contribution < -0.4 is 4.74 Å². The fraction of sp³-hybridized carbons (Fsp3) is 0.625. The molecule has 0 unspecified atom stereocenters. The maximum atomic E-state index is 12.6. The van der Waals surface area contributed by atoms with E-state index >= 15 is 0 Å². The van der Waals surface area contributed by atoms with Gasteiger partial charge >= 0.3 is 0 Å². The van der Waals surface area contributed by atoms with Gasteiger partial charge in [0, 0.05) is 37.8 Å². The molecule has 24 heavy (non-hydrogen) atoms. The zero-order chi connectivity index (χ0) is 16.9. The molecule has 2 saturated heterocycles. The number of ether oxygens (including phenoxy) is 1. The molecule has 2 aliphatic heterocycles. The van der Waals surface area contributed by atoms with E-state index in [0.717, 1.165) is 19.3 Å². The summed E-state index contributed by atoms with van der Waals surface area (Å²) in [7, 11) is -1.59. The molecular formula is C16H21N3O4S. The Morgan fingerprint density at radius 1 is 1.33 bits per heavy atom. The zero-order valence-electron chi connectivity index (χ0n) is 13.6. The van der Waals surface area contributed by atoms with Gasteiger partial charge in [0.25, 0.3) is 5.91 Å². The van der Waals surface area contributed by atoms with Gasteiger partial charge in [-0.3, -0.25) is 9.78 Å². The molecule has 4 rings (SSSR count). The van der Waals surface area contributed by atoms with E-state index in [2.05, 4.69) is 4.98 Å². The Hall–Kier alpha value is -1.67. The highest BCUT2D eigenvalue weighted by Crippen LogP contribution is 2.43. The lowest BCUT2D eigenvalue weighted by Crippen LogP contribution is -2.59. The third-order valence-corrected chi connectivity index (χ3v) is 7.63. The van der Waals surface area contributed by atoms with E-state index in [4.69, 9.17) is 4.74 Å². The summed E-state index contributed by atoms with van der Waals surface area (Å²) in [4.78, 5) is 18.4. The molecule has 130 valence electrons. The largest absolute Gasteiger partial charge is 0.494 e. The normalized spacial score (nSPS) is 23.3. The number of aromatic nitrogens is 1. The van der Waals surface area contributed by atoms with Crippen LogP contribution in [0.2, 0.25) is 0 Å². The van der Waals surface area contributed by atoms with Gasteiger partial charge in [0.1, 0.15) is 5.75 Å². The van der Waals surface area contributed by atoms with E-state index in [9.17, 15) is 13.2 Å². The summed E-state index contributed by atoms with van der Waals surface area (Å²) >= 11 is 0. The van der Waals surface area contributed by atoms with Crippen LogP contribution in [0.3, 0.4) is 0 Å². The Labute approximate surface area is 141 Å². The number of rotatable bonds is 4. The van der Waals surface area contributed by atoms with E-state index < -0.39 is 10.0 Å². The lowest BCUT2D eigenvalue weighted by atomic mass is 9.79. The van der Waals surface area contributed by atoms with Gasteiger partial charge < -0.3 is 9.64 Å². The smallest absolute Gasteiger partial charge is 0.257 e. The molecule has 8 heteroatoms. The molecule has 0 radical (unpaired) electrons. The van der Waals surface area contributed by atoms with Crippen molar-refractivity contribution in [1.29, 1.82) is 0 Å². The molecule has 0 aromatic carbocycles. The number of sulfonamides is 1. The molecule has 1 aliphatic carbocycles. The topological polar surface area (TPSA) is 79.8 Å². The summed E-state index contributed by atoms with van der Waals surface area (Å²) in [6.45, 7) is 2.34. The van der Waals surface area contributed by atoms with Crippen LogP contribution in [0, 0.1) is 5.41 Å². The molecule has 0 atom stereocenters. The zero-order valence-corrected chi connectivity index (χ0v) is 14.5. The molecule has 0 N–H and O–H groups in total. The third-order valence-electron chi connectivity index (χ3n) is 5.28. The van der Waals surface area contributed by atoms with Crippen LogP contribution >= 0.6 is 0 Å². The van der Waals surface area contributed by atoms with Gasteiger partial charge in [0.15, 0.2) is 0 Å². The summed E-state index contributed by atoms with van der Waals surface area (Å²) in [5, 5.41) is -0.161. The molecule has 0 bridgehead atoms. The summed E-state index contributed by atoms with van der Waals surface area (Å²) in [5.41, 5.74) is 0.431. The molecule has 3 fully saturated rings. The van der Waals surface area contributed by atoms with E-state index in [1.165, 1.54) is 13.3 Å². The molecule has 3 heterocycles. The average molecular weight is 351 g/mol. The fourth-order valence-electron chi connectivity index (χ4n) is 3.74. The lowest BCUT2D eigenvalue weighted by Gasteiger charge is -2.48. The average Bonchev–Trinajstić information content (AvgIpc) is 3.31. The van der Waals surface area contributed by atoms with E-state index in [0.29, 0.717) is 37.5 Å². The van der Waals surface area contributed by atoms with Gasteiger partial charge in [-0.1, -0.05) is 0 Å². The molecule has 7 nitrogen and oxygen atoms in total. The van der Waals surface area contributed by atoms with Gasteiger partial charge in [-0.05, 0) is 25.3 Å². The fourth-order valence-corrected chi connectivity index (χ4v) is 5.70. The Morgan fingerprint density at radius 3 is 2.75 bits per heavy atom. The van der Waals surface area contributed by atoms with Crippen molar-refractivity contribution in [1.82, 2.24) is 14.2 Å². The van der Waals surface area contributed by atoms with Crippen LogP contribution in [0.5, 0.6) is 5.75 Å². The molecule has 1 spiro atoms. The minimum Gasteiger partial charge on any atom is -0.494 e. The van der Waals surface area contributed by atoms with Crippen molar-refractivity contribution in [3.8, 4) is 5.75 Å². The molecule has 1 amide bonds. The van der Waals surface area contributed by atoms with Gasteiger partial charge in [-0.15, -0.1) is 0 Å². The van der Waals surface area contributed by atoms with Crippen molar-refractivity contribution in [3.63, 3.8) is 0 Å². The first-order valence-electron chi connectivity index (χ1n) is 8.21. The van der Waals surface area contributed by atoms with Gasteiger partial charge in [0.2, 0.25) is 10.0 Å². The number of carbonyl (C=O) groups is 1. The summed E-state index contributed by atoms with van der Waals surface area (Å²) < 4.78 is 31.6. The maximum Gasteiger partial charge on any atom is 0.257 e. The Bertz CT molecular complexity index is 769. The van der Waals surface area contributed by atoms with Crippen molar-refractivity contribution in [2.75, 3.05) is 33.3 Å². The minimum absolute atomic E-state index is 0.0715. The number of likely N-dealkylation sites (tertiary alicyclic amines) is 1. The number of hydrogen-bond donors (Lipinski definition) is 0. The summed E-state index contributed by atoms with van der Waals surface area (Å²) in [6, 6.07) is 1.66. The Morgan fingerprint density at radius 2 is 2.08 bits per heavy atom. The summed E-state index contributed by atoms with van der Waals surface area (Å²) in [5.74, 6) is 0.385. The Balaban J connectivity index is 1.42. The van der Waals surface area contributed by atoms with Crippen LogP contribution in [0.4, 0.5) is 0 Å². The van der Waals surface area contributed by atoms with Crippen LogP contribution in [-0.2, 0) is 10.0 Å². The van der Waals surface area contributed by atoms with Crippen LogP contribution in [0.15, 0.2) is 18.5 Å². The number of nitrogens with zero attached hydrogens (tertiary/aromatic N) is 3. The van der Waals surface area contributed by atoms with Crippen molar-refractivity contribution in [2.45, 2.75) is 24.5 Å². The van der Waals surface area contributed by atoms with E-state index in [1.807, 2.05) is 0 Å². The van der Waals surface area contributed by atoms with Crippen LogP contribution in [-0.4, -0.2) is 67.1 Å². The van der Waals surface area contributed by atoms with Gasteiger partial charge in [-0.2, -0.15) is 0 Å². The maximum absolute atomic E-state index is 12.6. The monoisotopic (exact) mass is 351 g/mol. The molecule has 3 aliphatic rings. The predicted molar refractivity (Wildman–Crippen MR) is 87.3 cm³/mol. The number of methoxy groups -OCH3 is 1. The second kappa shape index (κ2) is 5.42. The van der Waals surface area contributed by atoms with Crippen molar-refractivity contribution >= 4 is 15.9 Å². The number of pyridine rings is 1. The molecule has 1 aromatic rings. The van der Waals surface area contributed by atoms with Crippen molar-refractivity contribution in [2.24, 2.45) is 5.41 Å². The van der Waals surface area contributed by atoms with Crippen LogP contribution in [0.1, 0.15) is 29.6 Å². The molecular weight excluding hydrogens is 330 g/mol.